The maximum absolute atomic E-state index is 11.6. The predicted molar refractivity (Wildman–Crippen MR) is 61.6 cm³/mol. The van der Waals surface area contributed by atoms with Crippen LogP contribution in [0, 0.1) is 17.2 Å². The number of nitriles is 1. The molecule has 0 aliphatic heterocycles. The van der Waals surface area contributed by atoms with Crippen LogP contribution in [-0.4, -0.2) is 11.8 Å². The van der Waals surface area contributed by atoms with Crippen LogP contribution in [0.25, 0.3) is 0 Å². The molecular weight excluding hydrogens is 218 g/mol. The van der Waals surface area contributed by atoms with Crippen molar-refractivity contribution < 1.29 is 9.59 Å². The third-order valence-corrected chi connectivity index (χ3v) is 2.10. The number of hydrogen-bond donors (Lipinski definition) is 2. The molecule has 1 rings (SSSR count). The first-order valence-corrected chi connectivity index (χ1v) is 5.15. The van der Waals surface area contributed by atoms with Crippen molar-refractivity contribution in [2.45, 2.75) is 13.8 Å². The van der Waals surface area contributed by atoms with E-state index in [9.17, 15) is 9.59 Å². The zero-order chi connectivity index (χ0) is 12.8. The molecule has 5 nitrogen and oxygen atoms in total. The highest BCUT2D eigenvalue weighted by atomic mass is 16.2. The number of rotatable bonds is 2. The molecule has 0 fully saturated rings. The van der Waals surface area contributed by atoms with Crippen molar-refractivity contribution in [2.24, 2.45) is 5.92 Å². The first-order chi connectivity index (χ1) is 8.04. The highest BCUT2D eigenvalue weighted by Crippen LogP contribution is 2.02. The smallest absolute Gasteiger partial charge is 0.269 e. The van der Waals surface area contributed by atoms with E-state index in [4.69, 9.17) is 5.26 Å². The van der Waals surface area contributed by atoms with Gasteiger partial charge >= 0.3 is 0 Å². The summed E-state index contributed by atoms with van der Waals surface area (Å²) in [5.41, 5.74) is 5.46. The molecule has 0 bridgehead atoms. The Morgan fingerprint density at radius 3 is 2.24 bits per heavy atom. The van der Waals surface area contributed by atoms with E-state index in [1.54, 1.807) is 26.0 Å². The Morgan fingerprint density at radius 2 is 1.76 bits per heavy atom. The number of amides is 2. The minimum absolute atomic E-state index is 0.198. The lowest BCUT2D eigenvalue weighted by molar-refractivity contribution is -0.124. The lowest BCUT2D eigenvalue weighted by atomic mass is 10.1. The standard InChI is InChI=1S/C12H13N3O2/c1-8(2)11(16)14-15-12(17)10-5-3-9(7-13)4-6-10/h3-6,8H,1-2H3,(H,14,16)(H,15,17). The number of hydrazine groups is 1. The Hall–Kier alpha value is -2.35. The fourth-order valence-corrected chi connectivity index (χ4v) is 1.03. The summed E-state index contributed by atoms with van der Waals surface area (Å²) in [6.07, 6.45) is 0. The molecule has 0 aromatic heterocycles. The Morgan fingerprint density at radius 1 is 1.18 bits per heavy atom. The van der Waals surface area contributed by atoms with Crippen molar-refractivity contribution in [2.75, 3.05) is 0 Å². The Kier molecular flexibility index (Phi) is 4.23. The molecule has 1 aromatic carbocycles. The van der Waals surface area contributed by atoms with E-state index in [1.165, 1.54) is 12.1 Å². The molecule has 0 unspecified atom stereocenters. The molecule has 0 saturated heterocycles. The Bertz CT molecular complexity index is 458. The molecule has 0 atom stereocenters. The molecule has 1 aromatic rings. The number of nitrogens with one attached hydrogen (secondary N) is 2. The maximum atomic E-state index is 11.6. The molecule has 2 N–H and O–H groups in total. The van der Waals surface area contributed by atoms with E-state index in [1.807, 2.05) is 6.07 Å². The highest BCUT2D eigenvalue weighted by Gasteiger charge is 2.09. The van der Waals surface area contributed by atoms with Crippen LogP contribution < -0.4 is 10.9 Å². The summed E-state index contributed by atoms with van der Waals surface area (Å²) in [5.74, 6) is -0.869. The van der Waals surface area contributed by atoms with Crippen molar-refractivity contribution in [1.82, 2.24) is 10.9 Å². The summed E-state index contributed by atoms with van der Waals surface area (Å²) in [6, 6.07) is 8.08. The number of nitrogens with zero attached hydrogens (tertiary/aromatic N) is 1. The van der Waals surface area contributed by atoms with Gasteiger partial charge in [-0.3, -0.25) is 20.4 Å². The lowest BCUT2D eigenvalue weighted by Gasteiger charge is -2.09. The molecule has 0 heterocycles. The first-order valence-electron chi connectivity index (χ1n) is 5.15. The summed E-state index contributed by atoms with van der Waals surface area (Å²) in [5, 5.41) is 8.60. The highest BCUT2D eigenvalue weighted by molar-refractivity contribution is 5.95. The van der Waals surface area contributed by atoms with Crippen LogP contribution in [0.3, 0.4) is 0 Å². The minimum Gasteiger partial charge on any atom is -0.273 e. The van der Waals surface area contributed by atoms with Gasteiger partial charge in [-0.1, -0.05) is 13.8 Å². The topological polar surface area (TPSA) is 82.0 Å². The average Bonchev–Trinajstić information content (AvgIpc) is 2.35. The van der Waals surface area contributed by atoms with Crippen LogP contribution in [-0.2, 0) is 4.79 Å². The van der Waals surface area contributed by atoms with Crippen molar-refractivity contribution in [3.63, 3.8) is 0 Å². The molecule has 2 amide bonds. The van der Waals surface area contributed by atoms with Crippen LogP contribution in [0.15, 0.2) is 24.3 Å². The lowest BCUT2D eigenvalue weighted by Crippen LogP contribution is -2.43. The van der Waals surface area contributed by atoms with Gasteiger partial charge in [0.15, 0.2) is 0 Å². The van der Waals surface area contributed by atoms with Gasteiger partial charge in [-0.15, -0.1) is 0 Å². The normalized spacial score (nSPS) is 9.53. The number of carbonyl (C=O) groups excluding carboxylic acids is 2. The quantitative estimate of drug-likeness (QED) is 0.744. The van der Waals surface area contributed by atoms with Gasteiger partial charge in [0.1, 0.15) is 0 Å². The van der Waals surface area contributed by atoms with Crippen molar-refractivity contribution >= 4 is 11.8 Å². The fourth-order valence-electron chi connectivity index (χ4n) is 1.03. The Labute approximate surface area is 99.4 Å². The van der Waals surface area contributed by atoms with E-state index < -0.39 is 5.91 Å². The van der Waals surface area contributed by atoms with Gasteiger partial charge in [0.05, 0.1) is 11.6 Å². The predicted octanol–water partition coefficient (Wildman–Crippen LogP) is 0.975. The first kappa shape index (κ1) is 12.7. The van der Waals surface area contributed by atoms with Crippen LogP contribution >= 0.6 is 0 Å². The second-order valence-electron chi connectivity index (χ2n) is 3.79. The summed E-state index contributed by atoms with van der Waals surface area (Å²) in [7, 11) is 0. The monoisotopic (exact) mass is 231 g/mol. The summed E-state index contributed by atoms with van der Waals surface area (Å²) in [4.78, 5) is 22.8. The Balaban J connectivity index is 2.59. The van der Waals surface area contributed by atoms with Crippen LogP contribution in [0.5, 0.6) is 0 Å². The number of hydrogen-bond acceptors (Lipinski definition) is 3. The van der Waals surface area contributed by atoms with Crippen molar-refractivity contribution in [3.8, 4) is 6.07 Å². The van der Waals surface area contributed by atoms with E-state index in [0.29, 0.717) is 11.1 Å². The minimum atomic E-state index is -0.413. The third-order valence-electron chi connectivity index (χ3n) is 2.10. The second kappa shape index (κ2) is 5.66. The van der Waals surface area contributed by atoms with Gasteiger partial charge in [0.25, 0.3) is 5.91 Å². The van der Waals surface area contributed by atoms with Crippen LogP contribution in [0.1, 0.15) is 29.8 Å². The fraction of sp³-hybridized carbons (Fsp3) is 0.250. The van der Waals surface area contributed by atoms with Crippen LogP contribution in [0.4, 0.5) is 0 Å². The van der Waals surface area contributed by atoms with Gasteiger partial charge < -0.3 is 0 Å². The van der Waals surface area contributed by atoms with Crippen molar-refractivity contribution in [3.05, 3.63) is 35.4 Å². The van der Waals surface area contributed by atoms with Crippen molar-refractivity contribution in [1.29, 1.82) is 5.26 Å². The van der Waals surface area contributed by atoms with Gasteiger partial charge in [0.2, 0.25) is 5.91 Å². The zero-order valence-corrected chi connectivity index (χ0v) is 9.65. The van der Waals surface area contributed by atoms with Gasteiger partial charge in [0, 0.05) is 11.5 Å². The summed E-state index contributed by atoms with van der Waals surface area (Å²) >= 11 is 0. The molecule has 0 aliphatic carbocycles. The zero-order valence-electron chi connectivity index (χ0n) is 9.65. The largest absolute Gasteiger partial charge is 0.273 e. The molecule has 0 saturated carbocycles. The van der Waals surface area contributed by atoms with E-state index in [2.05, 4.69) is 10.9 Å². The number of benzene rings is 1. The van der Waals surface area contributed by atoms with Gasteiger partial charge in [-0.2, -0.15) is 5.26 Å². The average molecular weight is 231 g/mol. The second-order valence-corrected chi connectivity index (χ2v) is 3.79. The van der Waals surface area contributed by atoms with Gasteiger partial charge in [-0.25, -0.2) is 0 Å². The van der Waals surface area contributed by atoms with E-state index in [0.717, 1.165) is 0 Å². The summed E-state index contributed by atoms with van der Waals surface area (Å²) in [6.45, 7) is 3.45. The molecular formula is C12H13N3O2. The third kappa shape index (κ3) is 3.61. The maximum Gasteiger partial charge on any atom is 0.269 e. The molecule has 88 valence electrons. The SMILES string of the molecule is CC(C)C(=O)NNC(=O)c1ccc(C#N)cc1. The van der Waals surface area contributed by atoms with Crippen LogP contribution in [0.2, 0.25) is 0 Å². The van der Waals surface area contributed by atoms with E-state index in [-0.39, 0.29) is 11.8 Å². The molecule has 5 heteroatoms. The number of carbonyl (C=O) groups is 2. The molecule has 17 heavy (non-hydrogen) atoms. The summed E-state index contributed by atoms with van der Waals surface area (Å²) < 4.78 is 0. The molecule has 0 aliphatic rings. The molecule has 0 spiro atoms. The van der Waals surface area contributed by atoms with E-state index >= 15 is 0 Å². The van der Waals surface area contributed by atoms with Gasteiger partial charge in [-0.05, 0) is 24.3 Å². The molecule has 0 radical (unpaired) electrons.